The monoisotopic (exact) mass is 364 g/mol. The van der Waals surface area contributed by atoms with Gasteiger partial charge in [0.1, 0.15) is 17.5 Å². The van der Waals surface area contributed by atoms with Gasteiger partial charge in [-0.15, -0.1) is 0 Å². The van der Waals surface area contributed by atoms with Gasteiger partial charge in [0.25, 0.3) is 5.91 Å². The lowest BCUT2D eigenvalue weighted by Crippen LogP contribution is -2.45. The summed E-state index contributed by atoms with van der Waals surface area (Å²) in [4.78, 5) is 28.8. The van der Waals surface area contributed by atoms with Crippen LogP contribution in [-0.2, 0) is 4.79 Å². The molecule has 0 spiro atoms. The van der Waals surface area contributed by atoms with Crippen molar-refractivity contribution in [3.05, 3.63) is 30.0 Å². The summed E-state index contributed by atoms with van der Waals surface area (Å²) in [7, 11) is 0. The van der Waals surface area contributed by atoms with E-state index in [1.807, 2.05) is 13.8 Å². The molecule has 26 heavy (non-hydrogen) atoms. The molecule has 0 unspecified atom stereocenters. The number of aliphatic carboxylic acids is 1. The lowest BCUT2D eigenvalue weighted by Gasteiger charge is -2.27. The van der Waals surface area contributed by atoms with Crippen LogP contribution in [0.5, 0.6) is 5.75 Å². The Kier molecular flexibility index (Phi) is 3.51. The fourth-order valence-electron chi connectivity index (χ4n) is 4.37. The van der Waals surface area contributed by atoms with Gasteiger partial charge in [-0.2, -0.15) is 8.78 Å². The van der Waals surface area contributed by atoms with E-state index in [9.17, 15) is 23.5 Å². The van der Waals surface area contributed by atoms with Crippen molar-refractivity contribution in [3.63, 3.8) is 0 Å². The summed E-state index contributed by atoms with van der Waals surface area (Å²) in [6.45, 7) is 1.43. The van der Waals surface area contributed by atoms with E-state index in [4.69, 9.17) is 0 Å². The molecule has 6 nitrogen and oxygen atoms in total. The predicted molar refractivity (Wildman–Crippen MR) is 88.2 cm³/mol. The number of carboxylic acids is 1. The van der Waals surface area contributed by atoms with Crippen LogP contribution >= 0.6 is 0 Å². The molecule has 4 rings (SSSR count). The fourth-order valence-corrected chi connectivity index (χ4v) is 4.37. The zero-order valence-electron chi connectivity index (χ0n) is 14.2. The second-order valence-electron chi connectivity index (χ2n) is 7.47. The zero-order valence-corrected chi connectivity index (χ0v) is 14.2. The largest absolute Gasteiger partial charge is 0.480 e. The van der Waals surface area contributed by atoms with Crippen LogP contribution in [0.3, 0.4) is 0 Å². The van der Waals surface area contributed by atoms with Crippen molar-refractivity contribution >= 4 is 22.8 Å². The lowest BCUT2D eigenvalue weighted by atomic mass is 10.0. The Morgan fingerprint density at radius 3 is 2.77 bits per heavy atom. The van der Waals surface area contributed by atoms with Gasteiger partial charge in [0.2, 0.25) is 0 Å². The molecule has 2 fully saturated rings. The molecule has 0 radical (unpaired) electrons. The number of aromatic amines is 1. The second kappa shape index (κ2) is 5.43. The number of halogens is 2. The minimum Gasteiger partial charge on any atom is -0.480 e. The van der Waals surface area contributed by atoms with E-state index in [0.29, 0.717) is 17.4 Å². The van der Waals surface area contributed by atoms with Crippen molar-refractivity contribution in [2.75, 3.05) is 6.54 Å². The normalized spacial score (nSPS) is 26.2. The van der Waals surface area contributed by atoms with Crippen molar-refractivity contribution in [2.24, 2.45) is 17.3 Å². The number of H-pyrrole nitrogens is 1. The molecule has 1 amide bonds. The van der Waals surface area contributed by atoms with E-state index in [1.165, 1.54) is 17.0 Å². The molecule has 3 atom stereocenters. The number of carbonyl (C=O) groups excluding carboxylic acids is 1. The summed E-state index contributed by atoms with van der Waals surface area (Å²) >= 11 is 0. The van der Waals surface area contributed by atoms with Gasteiger partial charge in [0, 0.05) is 23.4 Å². The first-order chi connectivity index (χ1) is 12.2. The van der Waals surface area contributed by atoms with Crippen molar-refractivity contribution in [1.29, 1.82) is 0 Å². The van der Waals surface area contributed by atoms with Gasteiger partial charge in [-0.05, 0) is 29.5 Å². The topological polar surface area (TPSA) is 82.6 Å². The number of nitrogens with zero attached hydrogens (tertiary/aromatic N) is 1. The van der Waals surface area contributed by atoms with Gasteiger partial charge >= 0.3 is 12.6 Å². The van der Waals surface area contributed by atoms with Gasteiger partial charge in [0.05, 0.1) is 0 Å². The molecule has 1 saturated heterocycles. The van der Waals surface area contributed by atoms with E-state index >= 15 is 0 Å². The second-order valence-corrected chi connectivity index (χ2v) is 7.47. The van der Waals surface area contributed by atoms with Crippen molar-refractivity contribution < 1.29 is 28.2 Å². The first-order valence-corrected chi connectivity index (χ1v) is 8.32. The third kappa shape index (κ3) is 2.35. The first-order valence-electron chi connectivity index (χ1n) is 8.32. The maximum atomic E-state index is 12.9. The zero-order chi connectivity index (χ0) is 18.8. The van der Waals surface area contributed by atoms with E-state index < -0.39 is 24.5 Å². The number of nitrogens with one attached hydrogen (secondary N) is 1. The minimum absolute atomic E-state index is 0.0343. The summed E-state index contributed by atoms with van der Waals surface area (Å²) < 4.78 is 29.6. The maximum Gasteiger partial charge on any atom is 0.387 e. The van der Waals surface area contributed by atoms with E-state index in [-0.39, 0.29) is 28.7 Å². The summed E-state index contributed by atoms with van der Waals surface area (Å²) in [5, 5.41) is 9.94. The average Bonchev–Trinajstić information content (AvgIpc) is 2.98. The summed E-state index contributed by atoms with van der Waals surface area (Å²) in [5.41, 5.74) is 0.553. The predicted octanol–water partition coefficient (Wildman–Crippen LogP) is 2.95. The number of carbonyl (C=O) groups is 2. The van der Waals surface area contributed by atoms with Gasteiger partial charge in [-0.25, -0.2) is 4.79 Å². The van der Waals surface area contributed by atoms with Crippen LogP contribution in [0.4, 0.5) is 8.78 Å². The molecule has 138 valence electrons. The number of alkyl halides is 2. The van der Waals surface area contributed by atoms with Crippen LogP contribution in [-0.4, -0.2) is 46.1 Å². The van der Waals surface area contributed by atoms with Crippen molar-refractivity contribution in [3.8, 4) is 5.75 Å². The first kappa shape index (κ1) is 16.8. The molecule has 1 aliphatic heterocycles. The quantitative estimate of drug-likeness (QED) is 0.874. The van der Waals surface area contributed by atoms with Gasteiger partial charge in [0.15, 0.2) is 0 Å². The van der Waals surface area contributed by atoms with E-state index in [1.54, 1.807) is 12.1 Å². The number of piperidine rings is 1. The molecule has 2 aromatic rings. The van der Waals surface area contributed by atoms with Gasteiger partial charge in [-0.3, -0.25) is 4.79 Å². The maximum absolute atomic E-state index is 12.9. The number of likely N-dealkylation sites (tertiary alicyclic amines) is 1. The number of benzene rings is 1. The molecule has 1 aliphatic carbocycles. The highest BCUT2D eigenvalue weighted by molar-refractivity contribution is 6.01. The molecule has 1 aromatic carbocycles. The van der Waals surface area contributed by atoms with Crippen LogP contribution in [0.15, 0.2) is 24.3 Å². The Morgan fingerprint density at radius 1 is 1.38 bits per heavy atom. The molecular formula is C18H18F2N2O4. The van der Waals surface area contributed by atoms with Crippen LogP contribution in [0.25, 0.3) is 10.9 Å². The Labute approximate surface area is 147 Å². The molecule has 2 N–H and O–H groups in total. The molecule has 0 bridgehead atoms. The van der Waals surface area contributed by atoms with E-state index in [2.05, 4.69) is 9.72 Å². The Hall–Kier alpha value is -2.64. The number of aromatic nitrogens is 1. The van der Waals surface area contributed by atoms with Crippen LogP contribution in [0.2, 0.25) is 0 Å². The Morgan fingerprint density at radius 2 is 2.12 bits per heavy atom. The SMILES string of the molecule is CC1(C)[C@H]2[C@@H](C(=O)O)N(C(=O)c3cc4c(OC(F)F)cccc4[nH]3)C[C@H]21. The number of amides is 1. The van der Waals surface area contributed by atoms with Crippen LogP contribution < -0.4 is 4.74 Å². The van der Waals surface area contributed by atoms with Crippen molar-refractivity contribution in [2.45, 2.75) is 26.5 Å². The molecule has 2 heterocycles. The Balaban J connectivity index is 1.66. The van der Waals surface area contributed by atoms with Crippen LogP contribution in [0, 0.1) is 17.3 Å². The number of ether oxygens (including phenoxy) is 1. The molecular weight excluding hydrogens is 346 g/mol. The smallest absolute Gasteiger partial charge is 0.387 e. The fraction of sp³-hybridized carbons (Fsp3) is 0.444. The van der Waals surface area contributed by atoms with E-state index in [0.717, 1.165) is 0 Å². The highest BCUT2D eigenvalue weighted by Gasteiger charge is 2.69. The summed E-state index contributed by atoms with van der Waals surface area (Å²) in [6.07, 6.45) is 0. The highest BCUT2D eigenvalue weighted by atomic mass is 19.3. The summed E-state index contributed by atoms with van der Waals surface area (Å²) in [5.74, 6) is -1.40. The lowest BCUT2D eigenvalue weighted by molar-refractivity contribution is -0.142. The summed E-state index contributed by atoms with van der Waals surface area (Å²) in [6, 6.07) is 5.14. The van der Waals surface area contributed by atoms with Gasteiger partial charge in [-0.1, -0.05) is 19.9 Å². The molecule has 1 aromatic heterocycles. The number of rotatable bonds is 4. The standard InChI is InChI=1S/C18H18F2N2O4/c1-18(2)9-7-22(14(13(9)18)16(24)25)15(23)11-6-8-10(21-11)4-3-5-12(8)26-17(19)20/h3-6,9,13-14,17,21H,7H2,1-2H3,(H,24,25)/t9-,13-,14+/m1/s1. The Bertz CT molecular complexity index is 908. The molecule has 1 saturated carbocycles. The number of fused-ring (bicyclic) bond motifs is 2. The van der Waals surface area contributed by atoms with Gasteiger partial charge < -0.3 is 19.7 Å². The highest BCUT2D eigenvalue weighted by Crippen LogP contribution is 2.64. The van der Waals surface area contributed by atoms with Crippen molar-refractivity contribution in [1.82, 2.24) is 9.88 Å². The molecule has 2 aliphatic rings. The third-order valence-electron chi connectivity index (χ3n) is 5.79. The average molecular weight is 364 g/mol. The minimum atomic E-state index is -2.97. The molecule has 8 heteroatoms. The number of hydrogen-bond acceptors (Lipinski definition) is 3. The number of hydrogen-bond donors (Lipinski definition) is 2. The third-order valence-corrected chi connectivity index (χ3v) is 5.79. The van der Waals surface area contributed by atoms with Crippen LogP contribution in [0.1, 0.15) is 24.3 Å². The number of carboxylic acid groups (broad SMARTS) is 1.